The number of carbonyl (C=O) groups is 1. The topological polar surface area (TPSA) is 44.8 Å². The fourth-order valence-electron chi connectivity index (χ4n) is 0.737. The van der Waals surface area contributed by atoms with Crippen molar-refractivity contribution in [3.63, 3.8) is 0 Å². The Labute approximate surface area is 89.6 Å². The summed E-state index contributed by atoms with van der Waals surface area (Å²) >= 11 is 0. The molecule has 0 radical (unpaired) electrons. The molecule has 0 aromatic rings. The fourth-order valence-corrected chi connectivity index (χ4v) is 3.10. The minimum absolute atomic E-state index is 0.307. The van der Waals surface area contributed by atoms with Crippen LogP contribution in [0.2, 0.25) is 6.04 Å². The summed E-state index contributed by atoms with van der Waals surface area (Å²) in [5.41, 5.74) is 0.449. The maximum atomic E-state index is 10.9. The zero-order valence-corrected chi connectivity index (χ0v) is 11.7. The molecular formula is C8H18O4Si2. The van der Waals surface area contributed by atoms with Gasteiger partial charge < -0.3 is 13.3 Å². The van der Waals surface area contributed by atoms with E-state index in [1.807, 2.05) is 0 Å². The summed E-state index contributed by atoms with van der Waals surface area (Å²) in [7, 11) is 0.520. The first-order valence-corrected chi connectivity index (χ1v) is 7.31. The largest absolute Gasteiger partial charge is 0.462 e. The average molecular weight is 234 g/mol. The predicted molar refractivity (Wildman–Crippen MR) is 60.4 cm³/mol. The number of ether oxygens (including phenoxy) is 1. The van der Waals surface area contributed by atoms with Gasteiger partial charge in [0.2, 0.25) is 0 Å². The SMILES string of the molecule is C=C(C)C(=O)OCCC[SiH2]O[SiH2]OC. The standard InChI is InChI=1S/C8H18O4Si2/c1-7(2)8(9)11-5-4-6-13-12-14-10-3/h1,4-6,13-14H2,2-3H3. The molecule has 0 saturated carbocycles. The molecule has 82 valence electrons. The van der Waals surface area contributed by atoms with Crippen molar-refractivity contribution in [2.24, 2.45) is 0 Å². The molecule has 0 aliphatic heterocycles. The van der Waals surface area contributed by atoms with E-state index in [2.05, 4.69) is 6.58 Å². The minimum Gasteiger partial charge on any atom is -0.462 e. The van der Waals surface area contributed by atoms with Gasteiger partial charge in [-0.25, -0.2) is 4.79 Å². The van der Waals surface area contributed by atoms with Gasteiger partial charge in [0.1, 0.15) is 9.76 Å². The molecule has 0 spiro atoms. The van der Waals surface area contributed by atoms with Crippen molar-refractivity contribution in [3.8, 4) is 0 Å². The van der Waals surface area contributed by atoms with Crippen LogP contribution in [0.1, 0.15) is 13.3 Å². The second-order valence-electron chi connectivity index (χ2n) is 2.94. The summed E-state index contributed by atoms with van der Waals surface area (Å²) in [6.45, 7) is 5.61. The Balaban J connectivity index is 3.13. The van der Waals surface area contributed by atoms with Crippen LogP contribution in [0, 0.1) is 0 Å². The van der Waals surface area contributed by atoms with Gasteiger partial charge in [-0.1, -0.05) is 6.58 Å². The van der Waals surface area contributed by atoms with Gasteiger partial charge in [0.25, 0.3) is 10.0 Å². The highest BCUT2D eigenvalue weighted by Crippen LogP contribution is 1.95. The monoisotopic (exact) mass is 234 g/mol. The van der Waals surface area contributed by atoms with Gasteiger partial charge in [0, 0.05) is 12.7 Å². The molecule has 0 amide bonds. The second kappa shape index (κ2) is 9.13. The van der Waals surface area contributed by atoms with E-state index in [9.17, 15) is 4.79 Å². The van der Waals surface area contributed by atoms with Gasteiger partial charge in [0.05, 0.1) is 6.61 Å². The van der Waals surface area contributed by atoms with Gasteiger partial charge in [-0.3, -0.25) is 0 Å². The summed E-state index contributed by atoms with van der Waals surface area (Å²) in [5.74, 6) is -0.307. The lowest BCUT2D eigenvalue weighted by Gasteiger charge is -2.04. The van der Waals surface area contributed by atoms with Gasteiger partial charge in [-0.2, -0.15) is 0 Å². The maximum absolute atomic E-state index is 10.9. The van der Waals surface area contributed by atoms with Crippen LogP contribution in [0.4, 0.5) is 0 Å². The van der Waals surface area contributed by atoms with E-state index in [-0.39, 0.29) is 5.97 Å². The molecule has 14 heavy (non-hydrogen) atoms. The summed E-state index contributed by atoms with van der Waals surface area (Å²) in [6, 6.07) is 1.03. The Morgan fingerprint density at radius 3 is 2.79 bits per heavy atom. The molecule has 0 N–H and O–H groups in total. The molecule has 6 heteroatoms. The van der Waals surface area contributed by atoms with Crippen LogP contribution in [0.5, 0.6) is 0 Å². The number of rotatable bonds is 8. The minimum atomic E-state index is -0.701. The fraction of sp³-hybridized carbons (Fsp3) is 0.625. The van der Waals surface area contributed by atoms with Crippen molar-refractivity contribution >= 4 is 25.7 Å². The number of hydrogen-bond donors (Lipinski definition) is 0. The van der Waals surface area contributed by atoms with Crippen LogP contribution in [0.15, 0.2) is 12.2 Å². The number of carbonyl (C=O) groups excluding carboxylic acids is 1. The van der Waals surface area contributed by atoms with Crippen molar-refractivity contribution in [1.29, 1.82) is 0 Å². The Morgan fingerprint density at radius 2 is 2.21 bits per heavy atom. The summed E-state index contributed by atoms with van der Waals surface area (Å²) < 4.78 is 15.1. The molecule has 0 unspecified atom stereocenters. The molecule has 0 aromatic heterocycles. The van der Waals surface area contributed by atoms with Crippen molar-refractivity contribution in [2.75, 3.05) is 13.7 Å². The molecule has 0 saturated heterocycles. The van der Waals surface area contributed by atoms with Crippen molar-refractivity contribution in [3.05, 3.63) is 12.2 Å². The Hall–Kier alpha value is -0.436. The molecule has 0 bridgehead atoms. The molecule has 0 heterocycles. The highest BCUT2D eigenvalue weighted by molar-refractivity contribution is 6.39. The first-order chi connectivity index (χ1) is 6.68. The van der Waals surface area contributed by atoms with Crippen LogP contribution in [0.25, 0.3) is 0 Å². The van der Waals surface area contributed by atoms with Crippen molar-refractivity contribution in [2.45, 2.75) is 19.4 Å². The lowest BCUT2D eigenvalue weighted by atomic mass is 10.4. The first kappa shape index (κ1) is 13.6. The van der Waals surface area contributed by atoms with Crippen LogP contribution >= 0.6 is 0 Å². The summed E-state index contributed by atoms with van der Waals surface area (Å²) in [4.78, 5) is 10.9. The molecular weight excluding hydrogens is 216 g/mol. The third-order valence-electron chi connectivity index (χ3n) is 1.47. The van der Waals surface area contributed by atoms with E-state index >= 15 is 0 Å². The third-order valence-corrected chi connectivity index (χ3v) is 4.31. The van der Waals surface area contributed by atoms with E-state index in [1.54, 1.807) is 14.0 Å². The average Bonchev–Trinajstić information content (AvgIpc) is 2.16. The highest BCUT2D eigenvalue weighted by atomic mass is 28.3. The summed E-state index contributed by atoms with van der Waals surface area (Å²) in [6.07, 6.45) is 0.878. The Kier molecular flexibility index (Phi) is 8.85. The van der Waals surface area contributed by atoms with Gasteiger partial charge in [0.15, 0.2) is 0 Å². The number of hydrogen-bond acceptors (Lipinski definition) is 4. The lowest BCUT2D eigenvalue weighted by Crippen LogP contribution is -2.09. The quantitative estimate of drug-likeness (QED) is 0.249. The van der Waals surface area contributed by atoms with E-state index < -0.39 is 19.8 Å². The molecule has 0 fully saturated rings. The van der Waals surface area contributed by atoms with E-state index in [1.165, 1.54) is 0 Å². The first-order valence-electron chi connectivity index (χ1n) is 4.57. The zero-order chi connectivity index (χ0) is 10.8. The smallest absolute Gasteiger partial charge is 0.333 e. The van der Waals surface area contributed by atoms with Crippen LogP contribution in [-0.4, -0.2) is 39.5 Å². The van der Waals surface area contributed by atoms with Crippen molar-refractivity contribution < 1.29 is 18.1 Å². The number of esters is 1. The molecule has 4 nitrogen and oxygen atoms in total. The van der Waals surface area contributed by atoms with Gasteiger partial charge >= 0.3 is 5.97 Å². The zero-order valence-electron chi connectivity index (χ0n) is 8.88. The second-order valence-corrected chi connectivity index (χ2v) is 6.50. The summed E-state index contributed by atoms with van der Waals surface area (Å²) in [5, 5.41) is 0. The Bertz CT molecular complexity index is 184. The van der Waals surface area contributed by atoms with Gasteiger partial charge in [-0.05, 0) is 19.4 Å². The normalized spacial score (nSPS) is 11.6. The predicted octanol–water partition coefficient (Wildman–Crippen LogP) is -0.340. The lowest BCUT2D eigenvalue weighted by molar-refractivity contribution is -0.138. The van der Waals surface area contributed by atoms with E-state index in [0.29, 0.717) is 12.2 Å². The molecule has 0 aliphatic rings. The maximum Gasteiger partial charge on any atom is 0.333 e. The molecule has 0 aromatic carbocycles. The Morgan fingerprint density at radius 1 is 1.50 bits per heavy atom. The third kappa shape index (κ3) is 8.18. The van der Waals surface area contributed by atoms with Crippen LogP contribution in [0.3, 0.4) is 0 Å². The highest BCUT2D eigenvalue weighted by Gasteiger charge is 2.01. The van der Waals surface area contributed by atoms with Crippen LogP contribution < -0.4 is 0 Å². The molecule has 0 aliphatic carbocycles. The molecule has 0 rings (SSSR count). The molecule has 0 atom stereocenters. The van der Waals surface area contributed by atoms with E-state index in [0.717, 1.165) is 12.5 Å². The van der Waals surface area contributed by atoms with Crippen molar-refractivity contribution in [1.82, 2.24) is 0 Å². The van der Waals surface area contributed by atoms with Gasteiger partial charge in [-0.15, -0.1) is 0 Å². The van der Waals surface area contributed by atoms with Crippen LogP contribution in [-0.2, 0) is 18.1 Å². The van der Waals surface area contributed by atoms with E-state index in [4.69, 9.17) is 13.3 Å².